The molecule has 3 amide bonds. The summed E-state index contributed by atoms with van der Waals surface area (Å²) in [6, 6.07) is 8.72. The molecule has 246 valence electrons. The highest BCUT2D eigenvalue weighted by molar-refractivity contribution is 6.42. The van der Waals surface area contributed by atoms with Gasteiger partial charge >= 0.3 is 6.18 Å². The maximum atomic E-state index is 14.1. The topological polar surface area (TPSA) is 114 Å². The molecule has 5 rings (SSSR count). The Morgan fingerprint density at radius 1 is 0.978 bits per heavy atom. The Kier molecular flexibility index (Phi) is 9.78. The van der Waals surface area contributed by atoms with Crippen LogP contribution in [0.15, 0.2) is 36.4 Å². The number of benzene rings is 2. The molecule has 46 heavy (non-hydrogen) atoms. The van der Waals surface area contributed by atoms with Crippen LogP contribution in [0.5, 0.6) is 5.75 Å². The molecule has 2 aliphatic rings. The van der Waals surface area contributed by atoms with E-state index in [9.17, 15) is 27.6 Å². The minimum Gasteiger partial charge on any atom is -0.496 e. The first kappa shape index (κ1) is 33.5. The number of methoxy groups -OCH3 is 1. The Balaban J connectivity index is 1.43. The van der Waals surface area contributed by atoms with Crippen molar-refractivity contribution in [3.05, 3.63) is 63.4 Å². The summed E-state index contributed by atoms with van der Waals surface area (Å²) in [4.78, 5) is 44.6. The Labute approximate surface area is 273 Å². The number of nitrogens with zero attached hydrogens (tertiary/aromatic N) is 7. The van der Waals surface area contributed by atoms with Gasteiger partial charge in [-0.2, -0.15) is 17.9 Å². The SMILES string of the molecule is COc1ccc(-n2nnnc2C(F)(F)F)cc1C(=O)N(C)[C@@H]1CCN(C(=O)C2CCN(C(C)=O)CC2)C[C@H]1c1ccc(Cl)c(Cl)c1. The van der Waals surface area contributed by atoms with Crippen LogP contribution in [0.1, 0.15) is 53.8 Å². The summed E-state index contributed by atoms with van der Waals surface area (Å²) < 4.78 is 46.5. The van der Waals surface area contributed by atoms with Crippen LogP contribution in [0.4, 0.5) is 13.2 Å². The second-order valence-corrected chi connectivity index (χ2v) is 12.2. The molecule has 0 N–H and O–H groups in total. The Bertz CT molecular complexity index is 1630. The van der Waals surface area contributed by atoms with Gasteiger partial charge in [-0.3, -0.25) is 14.4 Å². The zero-order valence-corrected chi connectivity index (χ0v) is 26.8. The number of hydrogen-bond donors (Lipinski definition) is 0. The number of likely N-dealkylation sites (N-methyl/N-ethyl adjacent to an activating group) is 1. The average molecular weight is 683 g/mol. The van der Waals surface area contributed by atoms with Crippen LogP contribution in [0.25, 0.3) is 5.69 Å². The third kappa shape index (κ3) is 6.77. The number of amides is 3. The predicted octanol–water partition coefficient (Wildman–Crippen LogP) is 4.71. The number of piperidine rings is 2. The van der Waals surface area contributed by atoms with Crippen molar-refractivity contribution in [2.24, 2.45) is 5.92 Å². The molecule has 0 saturated carbocycles. The van der Waals surface area contributed by atoms with Crippen LogP contribution in [-0.4, -0.2) is 99.0 Å². The Morgan fingerprint density at radius 3 is 2.30 bits per heavy atom. The number of halogens is 5. The lowest BCUT2D eigenvalue weighted by molar-refractivity contribution is -0.146. The third-order valence-corrected chi connectivity index (χ3v) is 9.49. The monoisotopic (exact) mass is 681 g/mol. The summed E-state index contributed by atoms with van der Waals surface area (Å²) in [6.07, 6.45) is -3.27. The summed E-state index contributed by atoms with van der Waals surface area (Å²) in [5.41, 5.74) is 0.703. The molecule has 2 aromatic carbocycles. The number of carbonyl (C=O) groups is 3. The van der Waals surface area contributed by atoms with Crippen molar-refractivity contribution < 1.29 is 32.3 Å². The molecule has 1 aromatic heterocycles. The van der Waals surface area contributed by atoms with E-state index < -0.39 is 23.9 Å². The standard InChI is InChI=1S/C30H32Cl2F3N7O4/c1-17(43)40-11-8-18(9-12-40)27(44)41-13-10-25(22(16-41)19-4-6-23(31)24(32)14-19)39(2)28(45)21-15-20(5-7-26(21)46-3)42-29(30(33,34)35)36-37-38-42/h4-7,14-15,18,22,25H,8-13,16H2,1-3H3/t22-,25+/m0/s1. The van der Waals surface area contributed by atoms with Crippen LogP contribution in [0.2, 0.25) is 10.0 Å². The molecule has 3 heterocycles. The van der Waals surface area contributed by atoms with Gasteiger partial charge < -0.3 is 19.4 Å². The number of carbonyl (C=O) groups excluding carboxylic acids is 3. The second-order valence-electron chi connectivity index (χ2n) is 11.4. The van der Waals surface area contributed by atoms with E-state index in [2.05, 4.69) is 15.5 Å². The highest BCUT2D eigenvalue weighted by Crippen LogP contribution is 2.37. The van der Waals surface area contributed by atoms with E-state index in [1.165, 1.54) is 37.1 Å². The van der Waals surface area contributed by atoms with Crippen LogP contribution >= 0.6 is 23.2 Å². The number of aromatic nitrogens is 4. The van der Waals surface area contributed by atoms with Crippen LogP contribution in [-0.2, 0) is 15.8 Å². The number of alkyl halides is 3. The highest BCUT2D eigenvalue weighted by Gasteiger charge is 2.41. The molecular formula is C30H32Cl2F3N7O4. The Morgan fingerprint density at radius 2 is 1.67 bits per heavy atom. The number of likely N-dealkylation sites (tertiary alicyclic amines) is 2. The minimum atomic E-state index is -4.83. The highest BCUT2D eigenvalue weighted by atomic mass is 35.5. The summed E-state index contributed by atoms with van der Waals surface area (Å²) >= 11 is 12.6. The van der Waals surface area contributed by atoms with Gasteiger partial charge in [0.25, 0.3) is 11.7 Å². The number of ether oxygens (including phenoxy) is 1. The lowest BCUT2D eigenvalue weighted by Gasteiger charge is -2.44. The van der Waals surface area contributed by atoms with Crippen LogP contribution in [0, 0.1) is 5.92 Å². The van der Waals surface area contributed by atoms with E-state index in [1.54, 1.807) is 35.0 Å². The first-order chi connectivity index (χ1) is 21.8. The van der Waals surface area contributed by atoms with Crippen molar-refractivity contribution in [1.82, 2.24) is 34.9 Å². The van der Waals surface area contributed by atoms with Crippen LogP contribution in [0.3, 0.4) is 0 Å². The molecule has 0 aliphatic carbocycles. The molecule has 2 fully saturated rings. The van der Waals surface area contributed by atoms with Crippen molar-refractivity contribution in [2.45, 2.75) is 44.3 Å². The van der Waals surface area contributed by atoms with Crippen LogP contribution < -0.4 is 4.74 Å². The zero-order chi connectivity index (χ0) is 33.3. The van der Waals surface area contributed by atoms with Gasteiger partial charge in [0.15, 0.2) is 0 Å². The quantitative estimate of drug-likeness (QED) is 0.370. The fourth-order valence-electron chi connectivity index (χ4n) is 6.25. The van der Waals surface area contributed by atoms with Gasteiger partial charge in [-0.05, 0) is 65.6 Å². The average Bonchev–Trinajstić information content (AvgIpc) is 3.56. The van der Waals surface area contributed by atoms with Crippen molar-refractivity contribution in [1.29, 1.82) is 0 Å². The van der Waals surface area contributed by atoms with Crippen molar-refractivity contribution in [3.8, 4) is 11.4 Å². The van der Waals surface area contributed by atoms with Gasteiger partial charge in [0, 0.05) is 58.0 Å². The largest absolute Gasteiger partial charge is 0.496 e. The van der Waals surface area contributed by atoms with E-state index in [-0.39, 0.29) is 40.7 Å². The number of rotatable bonds is 6. The number of hydrogen-bond acceptors (Lipinski definition) is 7. The molecule has 3 aromatic rings. The molecule has 2 atom stereocenters. The summed E-state index contributed by atoms with van der Waals surface area (Å²) in [5.74, 6) is -2.31. The van der Waals surface area contributed by atoms with Gasteiger partial charge in [0.05, 0.1) is 28.4 Å². The normalized spacial score (nSPS) is 19.2. The molecular weight excluding hydrogens is 650 g/mol. The van der Waals surface area contributed by atoms with Gasteiger partial charge in [-0.1, -0.05) is 29.3 Å². The zero-order valence-electron chi connectivity index (χ0n) is 25.3. The molecule has 0 spiro atoms. The smallest absolute Gasteiger partial charge is 0.453 e. The van der Waals surface area contributed by atoms with E-state index in [1.807, 2.05) is 0 Å². The summed E-state index contributed by atoms with van der Waals surface area (Å²) in [5, 5.41) is 10.4. The minimum absolute atomic E-state index is 0.00280. The van der Waals surface area contributed by atoms with Crippen molar-refractivity contribution in [2.75, 3.05) is 40.3 Å². The second kappa shape index (κ2) is 13.4. The Hall–Kier alpha value is -3.91. The molecule has 2 aliphatic heterocycles. The van der Waals surface area contributed by atoms with Gasteiger partial charge in [0.1, 0.15) is 5.75 Å². The first-order valence-electron chi connectivity index (χ1n) is 14.6. The molecule has 16 heteroatoms. The van der Waals surface area contributed by atoms with E-state index in [4.69, 9.17) is 27.9 Å². The van der Waals surface area contributed by atoms with E-state index >= 15 is 0 Å². The maximum Gasteiger partial charge on any atom is 0.453 e. The van der Waals surface area contributed by atoms with E-state index in [0.29, 0.717) is 60.2 Å². The fourth-order valence-corrected chi connectivity index (χ4v) is 6.55. The predicted molar refractivity (Wildman–Crippen MR) is 162 cm³/mol. The molecule has 0 radical (unpaired) electrons. The van der Waals surface area contributed by atoms with Gasteiger partial charge in [0.2, 0.25) is 11.8 Å². The fraction of sp³-hybridized carbons (Fsp3) is 0.467. The lowest BCUT2D eigenvalue weighted by Crippen LogP contribution is -2.53. The molecule has 0 bridgehead atoms. The number of tetrazole rings is 1. The molecule has 0 unspecified atom stereocenters. The van der Waals surface area contributed by atoms with E-state index in [0.717, 1.165) is 5.56 Å². The van der Waals surface area contributed by atoms with Gasteiger partial charge in [-0.15, -0.1) is 5.10 Å². The summed E-state index contributed by atoms with van der Waals surface area (Å²) in [6.45, 7) is 3.23. The third-order valence-electron chi connectivity index (χ3n) is 8.75. The molecule has 2 saturated heterocycles. The lowest BCUT2D eigenvalue weighted by atomic mass is 9.83. The van der Waals surface area contributed by atoms with Gasteiger partial charge in [-0.25, -0.2) is 0 Å². The van der Waals surface area contributed by atoms with Crippen molar-refractivity contribution >= 4 is 40.9 Å². The maximum absolute atomic E-state index is 14.1. The summed E-state index contributed by atoms with van der Waals surface area (Å²) in [7, 11) is 2.96. The first-order valence-corrected chi connectivity index (χ1v) is 15.4. The molecule has 11 nitrogen and oxygen atoms in total. The van der Waals surface area contributed by atoms with Crippen molar-refractivity contribution in [3.63, 3.8) is 0 Å².